The van der Waals surface area contributed by atoms with Crippen LogP contribution in [0, 0.1) is 10.1 Å². The maximum absolute atomic E-state index is 10.7. The second-order valence-electron chi connectivity index (χ2n) is 3.65. The summed E-state index contributed by atoms with van der Waals surface area (Å²) in [6, 6.07) is 6.40. The van der Waals surface area contributed by atoms with Gasteiger partial charge in [-0.1, -0.05) is 30.4 Å². The van der Waals surface area contributed by atoms with E-state index >= 15 is 0 Å². The maximum Gasteiger partial charge on any atom is 0.270 e. The Labute approximate surface area is 108 Å². The van der Waals surface area contributed by atoms with E-state index < -0.39 is 4.92 Å². The first-order valence-corrected chi connectivity index (χ1v) is 6.34. The molecule has 7 heteroatoms. The van der Waals surface area contributed by atoms with Crippen LogP contribution in [0.4, 0.5) is 10.8 Å². The molecule has 0 atom stereocenters. The number of non-ortho nitro benzene ring substituents is 1. The lowest BCUT2D eigenvalue weighted by atomic mass is 10.2. The van der Waals surface area contributed by atoms with Crippen LogP contribution in [0.15, 0.2) is 24.3 Å². The summed E-state index contributed by atoms with van der Waals surface area (Å²) < 4.78 is 0. The average molecular weight is 264 g/mol. The van der Waals surface area contributed by atoms with Gasteiger partial charge in [-0.15, -0.1) is 10.2 Å². The Kier molecular flexibility index (Phi) is 3.83. The van der Waals surface area contributed by atoms with Gasteiger partial charge >= 0.3 is 0 Å². The molecule has 18 heavy (non-hydrogen) atoms. The molecule has 0 saturated heterocycles. The highest BCUT2D eigenvalue weighted by molar-refractivity contribution is 7.18. The van der Waals surface area contributed by atoms with Gasteiger partial charge in [-0.3, -0.25) is 10.1 Å². The van der Waals surface area contributed by atoms with Crippen molar-refractivity contribution in [3.63, 3.8) is 0 Å². The second kappa shape index (κ2) is 5.54. The topological polar surface area (TPSA) is 81.0 Å². The van der Waals surface area contributed by atoms with Crippen molar-refractivity contribution in [3.05, 3.63) is 34.4 Å². The van der Waals surface area contributed by atoms with E-state index in [1.807, 2.05) is 0 Å². The Morgan fingerprint density at radius 1 is 1.44 bits per heavy atom. The molecule has 0 amide bonds. The predicted molar refractivity (Wildman–Crippen MR) is 70.8 cm³/mol. The SMILES string of the molecule is CCCNc1nnc(-c2cccc([N+](=O)[O-])c2)s1. The van der Waals surface area contributed by atoms with Gasteiger partial charge in [0.15, 0.2) is 0 Å². The summed E-state index contributed by atoms with van der Waals surface area (Å²) in [7, 11) is 0. The molecule has 0 fully saturated rings. The van der Waals surface area contributed by atoms with E-state index in [0.29, 0.717) is 10.6 Å². The number of hydrogen-bond donors (Lipinski definition) is 1. The third kappa shape index (κ3) is 2.80. The maximum atomic E-state index is 10.7. The Bertz CT molecular complexity index is 555. The predicted octanol–water partition coefficient (Wildman–Crippen LogP) is 2.94. The molecule has 0 aliphatic carbocycles. The molecule has 0 radical (unpaired) electrons. The van der Waals surface area contributed by atoms with Crippen LogP contribution < -0.4 is 5.32 Å². The minimum absolute atomic E-state index is 0.0609. The standard InChI is InChI=1S/C11H12N4O2S/c1-2-6-12-11-14-13-10(18-11)8-4-3-5-9(7-8)15(16)17/h3-5,7H,2,6H2,1H3,(H,12,14). The fourth-order valence-electron chi connectivity index (χ4n) is 1.40. The first-order chi connectivity index (χ1) is 8.70. The van der Waals surface area contributed by atoms with Gasteiger partial charge in [0.1, 0.15) is 5.01 Å². The molecule has 0 spiro atoms. The van der Waals surface area contributed by atoms with Crippen LogP contribution in [0.3, 0.4) is 0 Å². The van der Waals surface area contributed by atoms with Crippen molar-refractivity contribution >= 4 is 22.2 Å². The molecule has 1 heterocycles. The minimum atomic E-state index is -0.416. The van der Waals surface area contributed by atoms with Gasteiger partial charge in [0.05, 0.1) is 4.92 Å². The summed E-state index contributed by atoms with van der Waals surface area (Å²) in [6.07, 6.45) is 1.01. The fourth-order valence-corrected chi connectivity index (χ4v) is 2.16. The molecular formula is C11H12N4O2S. The Morgan fingerprint density at radius 3 is 3.00 bits per heavy atom. The molecule has 1 N–H and O–H groups in total. The molecule has 1 aromatic heterocycles. The van der Waals surface area contributed by atoms with Crippen LogP contribution in [0.25, 0.3) is 10.6 Å². The lowest BCUT2D eigenvalue weighted by molar-refractivity contribution is -0.384. The van der Waals surface area contributed by atoms with E-state index in [9.17, 15) is 10.1 Å². The van der Waals surface area contributed by atoms with Crippen LogP contribution in [0.5, 0.6) is 0 Å². The second-order valence-corrected chi connectivity index (χ2v) is 4.62. The minimum Gasteiger partial charge on any atom is -0.360 e. The summed E-state index contributed by atoms with van der Waals surface area (Å²) in [6.45, 7) is 2.90. The molecule has 0 aliphatic heterocycles. The number of hydrogen-bond acceptors (Lipinski definition) is 6. The number of benzene rings is 1. The third-order valence-corrected chi connectivity index (χ3v) is 3.19. The summed E-state index contributed by atoms with van der Waals surface area (Å²) in [5.74, 6) is 0. The Morgan fingerprint density at radius 2 is 2.28 bits per heavy atom. The molecule has 6 nitrogen and oxygen atoms in total. The highest BCUT2D eigenvalue weighted by Crippen LogP contribution is 2.28. The third-order valence-electron chi connectivity index (χ3n) is 2.26. The zero-order chi connectivity index (χ0) is 13.0. The van der Waals surface area contributed by atoms with Crippen LogP contribution in [-0.2, 0) is 0 Å². The highest BCUT2D eigenvalue weighted by Gasteiger charge is 2.10. The smallest absolute Gasteiger partial charge is 0.270 e. The van der Waals surface area contributed by atoms with Gasteiger partial charge in [0.2, 0.25) is 5.13 Å². The average Bonchev–Trinajstić information content (AvgIpc) is 2.85. The van der Waals surface area contributed by atoms with Gasteiger partial charge in [-0.2, -0.15) is 0 Å². The summed E-state index contributed by atoms with van der Waals surface area (Å²) >= 11 is 1.39. The Hall–Kier alpha value is -2.02. The summed E-state index contributed by atoms with van der Waals surface area (Å²) in [5.41, 5.74) is 0.775. The van der Waals surface area contributed by atoms with Crippen molar-refractivity contribution in [1.82, 2.24) is 10.2 Å². The quantitative estimate of drug-likeness (QED) is 0.663. The Balaban J connectivity index is 2.23. The summed E-state index contributed by atoms with van der Waals surface area (Å²) in [4.78, 5) is 10.3. The molecule has 0 saturated carbocycles. The molecule has 2 rings (SSSR count). The van der Waals surface area contributed by atoms with E-state index in [4.69, 9.17) is 0 Å². The number of nitrogens with zero attached hydrogens (tertiary/aromatic N) is 3. The zero-order valence-corrected chi connectivity index (χ0v) is 10.6. The number of rotatable bonds is 5. The van der Waals surface area contributed by atoms with E-state index in [1.165, 1.54) is 23.5 Å². The lowest BCUT2D eigenvalue weighted by Gasteiger charge is -1.96. The molecule has 1 aromatic carbocycles. The van der Waals surface area contributed by atoms with Gasteiger partial charge in [0.25, 0.3) is 5.69 Å². The van der Waals surface area contributed by atoms with E-state index in [0.717, 1.165) is 18.1 Å². The van der Waals surface area contributed by atoms with Gasteiger partial charge in [0, 0.05) is 24.2 Å². The van der Waals surface area contributed by atoms with Crippen molar-refractivity contribution in [2.45, 2.75) is 13.3 Å². The largest absolute Gasteiger partial charge is 0.360 e. The van der Waals surface area contributed by atoms with Crippen molar-refractivity contribution in [2.75, 3.05) is 11.9 Å². The lowest BCUT2D eigenvalue weighted by Crippen LogP contribution is -1.98. The van der Waals surface area contributed by atoms with Gasteiger partial charge < -0.3 is 5.32 Å². The van der Waals surface area contributed by atoms with Gasteiger partial charge in [-0.05, 0) is 6.42 Å². The molecule has 2 aromatic rings. The first-order valence-electron chi connectivity index (χ1n) is 5.53. The molecule has 0 unspecified atom stereocenters. The molecule has 0 bridgehead atoms. The van der Waals surface area contributed by atoms with E-state index in [1.54, 1.807) is 12.1 Å². The number of nitro groups is 1. The first kappa shape index (κ1) is 12.4. The number of aromatic nitrogens is 2. The molecule has 94 valence electrons. The fraction of sp³-hybridized carbons (Fsp3) is 0.273. The van der Waals surface area contributed by atoms with E-state index in [-0.39, 0.29) is 5.69 Å². The number of nitrogens with one attached hydrogen (secondary N) is 1. The van der Waals surface area contributed by atoms with Crippen LogP contribution in [-0.4, -0.2) is 21.7 Å². The molecule has 0 aliphatic rings. The number of nitro benzene ring substituents is 1. The van der Waals surface area contributed by atoms with Crippen molar-refractivity contribution in [1.29, 1.82) is 0 Å². The van der Waals surface area contributed by atoms with Crippen LogP contribution in [0.1, 0.15) is 13.3 Å². The van der Waals surface area contributed by atoms with Crippen molar-refractivity contribution < 1.29 is 4.92 Å². The van der Waals surface area contributed by atoms with Crippen molar-refractivity contribution in [3.8, 4) is 10.6 Å². The molecular weight excluding hydrogens is 252 g/mol. The van der Waals surface area contributed by atoms with Gasteiger partial charge in [-0.25, -0.2) is 0 Å². The van der Waals surface area contributed by atoms with Crippen LogP contribution >= 0.6 is 11.3 Å². The normalized spacial score (nSPS) is 10.3. The zero-order valence-electron chi connectivity index (χ0n) is 9.79. The summed E-state index contributed by atoms with van der Waals surface area (Å²) in [5, 5.41) is 23.3. The highest BCUT2D eigenvalue weighted by atomic mass is 32.1. The van der Waals surface area contributed by atoms with Crippen LogP contribution in [0.2, 0.25) is 0 Å². The number of anilines is 1. The van der Waals surface area contributed by atoms with Crippen molar-refractivity contribution in [2.24, 2.45) is 0 Å². The van der Waals surface area contributed by atoms with E-state index in [2.05, 4.69) is 22.4 Å². The monoisotopic (exact) mass is 264 g/mol.